The minimum absolute atomic E-state index is 0.548. The molecule has 0 saturated heterocycles. The smallest absolute Gasteiger partial charge is 0.139 e. The molecule has 2 nitrogen and oxygen atoms in total. The summed E-state index contributed by atoms with van der Waals surface area (Å²) in [6.45, 7) is 0. The molecule has 0 aromatic heterocycles. The Balaban J connectivity index is 4.34. The summed E-state index contributed by atoms with van der Waals surface area (Å²) >= 11 is 11.6. The molecule has 0 aliphatic heterocycles. The molecular formula is C6H12Cl2N2. The summed E-state index contributed by atoms with van der Waals surface area (Å²) in [6, 6.07) is 0. The molecule has 0 bridgehead atoms. The van der Waals surface area contributed by atoms with E-state index >= 15 is 0 Å². The fourth-order valence-corrected chi connectivity index (χ4v) is 0.707. The van der Waals surface area contributed by atoms with E-state index < -0.39 is 0 Å². The quantitative estimate of drug-likeness (QED) is 0.601. The second-order valence-electron chi connectivity index (χ2n) is 2.37. The summed E-state index contributed by atoms with van der Waals surface area (Å²) in [7, 11) is 7.37. The average Bonchev–Trinajstić information content (AvgIpc) is 1.84. The molecule has 10 heavy (non-hydrogen) atoms. The second kappa shape index (κ2) is 3.94. The highest BCUT2D eigenvalue weighted by atomic mass is 35.5. The lowest BCUT2D eigenvalue weighted by Gasteiger charge is -2.17. The van der Waals surface area contributed by atoms with Gasteiger partial charge in [-0.05, 0) is 0 Å². The lowest BCUT2D eigenvalue weighted by Crippen LogP contribution is -2.15. The molecule has 0 aliphatic carbocycles. The maximum Gasteiger partial charge on any atom is 0.139 e. The van der Waals surface area contributed by atoms with E-state index in [4.69, 9.17) is 23.2 Å². The van der Waals surface area contributed by atoms with Gasteiger partial charge in [0, 0.05) is 28.2 Å². The van der Waals surface area contributed by atoms with Crippen molar-refractivity contribution in [3.8, 4) is 0 Å². The molecular weight excluding hydrogens is 171 g/mol. The van der Waals surface area contributed by atoms with Gasteiger partial charge in [0.05, 0.1) is 0 Å². The van der Waals surface area contributed by atoms with Gasteiger partial charge in [-0.3, -0.25) is 0 Å². The van der Waals surface area contributed by atoms with Gasteiger partial charge < -0.3 is 9.80 Å². The van der Waals surface area contributed by atoms with Crippen LogP contribution in [0.2, 0.25) is 0 Å². The molecule has 0 N–H and O–H groups in total. The largest absolute Gasteiger partial charge is 0.366 e. The summed E-state index contributed by atoms with van der Waals surface area (Å²) in [6.07, 6.45) is 0. The molecule has 0 atom stereocenters. The maximum absolute atomic E-state index is 5.79. The van der Waals surface area contributed by atoms with E-state index in [9.17, 15) is 0 Å². The molecule has 0 fully saturated rings. The van der Waals surface area contributed by atoms with Crippen LogP contribution < -0.4 is 0 Å². The first kappa shape index (κ1) is 9.92. The molecule has 0 aromatic carbocycles. The summed E-state index contributed by atoms with van der Waals surface area (Å²) < 4.78 is 0. The first-order chi connectivity index (χ1) is 4.46. The van der Waals surface area contributed by atoms with Crippen molar-refractivity contribution in [2.45, 2.75) is 0 Å². The SMILES string of the molecule is CN(C)/C(Cl)=C(/Cl)N(C)C. The Morgan fingerprint density at radius 1 is 0.800 bits per heavy atom. The van der Waals surface area contributed by atoms with E-state index in [2.05, 4.69) is 0 Å². The van der Waals surface area contributed by atoms with Crippen LogP contribution in [-0.4, -0.2) is 38.0 Å². The van der Waals surface area contributed by atoms with Crippen molar-refractivity contribution >= 4 is 23.2 Å². The highest BCUT2D eigenvalue weighted by Crippen LogP contribution is 2.16. The van der Waals surface area contributed by atoms with Crippen LogP contribution in [0.3, 0.4) is 0 Å². The normalized spacial score (nSPS) is 12.6. The molecule has 0 aromatic rings. The maximum atomic E-state index is 5.79. The molecule has 0 spiro atoms. The van der Waals surface area contributed by atoms with Gasteiger partial charge in [-0.1, -0.05) is 23.2 Å². The molecule has 0 saturated carbocycles. The van der Waals surface area contributed by atoms with Gasteiger partial charge >= 0.3 is 0 Å². The van der Waals surface area contributed by atoms with Crippen molar-refractivity contribution in [3.63, 3.8) is 0 Å². The van der Waals surface area contributed by atoms with Gasteiger partial charge in [-0.2, -0.15) is 0 Å². The van der Waals surface area contributed by atoms with Gasteiger partial charge in [0.15, 0.2) is 0 Å². The summed E-state index contributed by atoms with van der Waals surface area (Å²) in [5, 5.41) is 1.10. The minimum Gasteiger partial charge on any atom is -0.366 e. The molecule has 0 heterocycles. The van der Waals surface area contributed by atoms with E-state index in [1.165, 1.54) is 0 Å². The van der Waals surface area contributed by atoms with Crippen molar-refractivity contribution in [1.29, 1.82) is 0 Å². The van der Waals surface area contributed by atoms with Gasteiger partial charge in [-0.15, -0.1) is 0 Å². The second-order valence-corrected chi connectivity index (χ2v) is 3.09. The van der Waals surface area contributed by atoms with Crippen LogP contribution in [-0.2, 0) is 0 Å². The number of hydrogen-bond donors (Lipinski definition) is 0. The van der Waals surface area contributed by atoms with E-state index in [1.54, 1.807) is 9.80 Å². The molecule has 0 rings (SSSR count). The number of nitrogens with zero attached hydrogens (tertiary/aromatic N) is 2. The topological polar surface area (TPSA) is 6.48 Å². The van der Waals surface area contributed by atoms with Gasteiger partial charge in [-0.25, -0.2) is 0 Å². The molecule has 0 unspecified atom stereocenters. The molecule has 4 heteroatoms. The number of hydrogen-bond acceptors (Lipinski definition) is 2. The average molecular weight is 183 g/mol. The van der Waals surface area contributed by atoms with Crippen LogP contribution in [0.25, 0.3) is 0 Å². The Morgan fingerprint density at radius 2 is 1.00 bits per heavy atom. The van der Waals surface area contributed by atoms with Crippen molar-refractivity contribution in [2.75, 3.05) is 28.2 Å². The fraction of sp³-hybridized carbons (Fsp3) is 0.667. The van der Waals surface area contributed by atoms with Crippen LogP contribution in [0.4, 0.5) is 0 Å². The van der Waals surface area contributed by atoms with E-state index in [0.29, 0.717) is 10.3 Å². The Kier molecular flexibility index (Phi) is 3.91. The van der Waals surface area contributed by atoms with Crippen molar-refractivity contribution in [3.05, 3.63) is 10.3 Å². The lowest BCUT2D eigenvalue weighted by atomic mass is 10.7. The third-order valence-corrected chi connectivity index (χ3v) is 2.09. The fourth-order valence-electron chi connectivity index (χ4n) is 0.369. The molecule has 0 aliphatic rings. The standard InChI is InChI=1S/C6H12Cl2N2/c1-9(2)5(7)6(8)10(3)4/h1-4H3/b6-5-. The van der Waals surface area contributed by atoms with Crippen molar-refractivity contribution in [2.24, 2.45) is 0 Å². The highest BCUT2D eigenvalue weighted by molar-refractivity contribution is 6.38. The van der Waals surface area contributed by atoms with E-state index in [0.717, 1.165) is 0 Å². The summed E-state index contributed by atoms with van der Waals surface area (Å²) in [4.78, 5) is 3.51. The predicted molar refractivity (Wildman–Crippen MR) is 46.1 cm³/mol. The molecule has 0 amide bonds. The van der Waals surface area contributed by atoms with Crippen LogP contribution in [0.5, 0.6) is 0 Å². The van der Waals surface area contributed by atoms with Crippen LogP contribution in [0, 0.1) is 0 Å². The molecule has 0 radical (unpaired) electrons. The van der Waals surface area contributed by atoms with E-state index in [1.807, 2.05) is 28.2 Å². The Labute approximate surface area is 72.0 Å². The van der Waals surface area contributed by atoms with E-state index in [-0.39, 0.29) is 0 Å². The van der Waals surface area contributed by atoms with Crippen LogP contribution >= 0.6 is 23.2 Å². The van der Waals surface area contributed by atoms with Crippen molar-refractivity contribution < 1.29 is 0 Å². The number of halogens is 2. The first-order valence-electron chi connectivity index (χ1n) is 2.86. The van der Waals surface area contributed by atoms with Gasteiger partial charge in [0.25, 0.3) is 0 Å². The zero-order valence-electron chi connectivity index (χ0n) is 6.65. The third kappa shape index (κ3) is 2.67. The molecule has 60 valence electrons. The monoisotopic (exact) mass is 182 g/mol. The highest BCUT2D eigenvalue weighted by Gasteiger charge is 2.04. The number of rotatable bonds is 2. The van der Waals surface area contributed by atoms with Crippen molar-refractivity contribution in [1.82, 2.24) is 9.80 Å². The zero-order chi connectivity index (χ0) is 8.31. The minimum atomic E-state index is 0.548. The third-order valence-electron chi connectivity index (χ3n) is 0.956. The summed E-state index contributed by atoms with van der Waals surface area (Å²) in [5.74, 6) is 0. The summed E-state index contributed by atoms with van der Waals surface area (Å²) in [5.41, 5.74) is 0. The Bertz CT molecular complexity index is 125. The van der Waals surface area contributed by atoms with Crippen LogP contribution in [0.15, 0.2) is 10.3 Å². The Morgan fingerprint density at radius 3 is 1.10 bits per heavy atom. The Hall–Kier alpha value is -0.0800. The first-order valence-corrected chi connectivity index (χ1v) is 3.62. The van der Waals surface area contributed by atoms with Crippen LogP contribution in [0.1, 0.15) is 0 Å². The van der Waals surface area contributed by atoms with Gasteiger partial charge in [0.2, 0.25) is 0 Å². The van der Waals surface area contributed by atoms with Gasteiger partial charge in [0.1, 0.15) is 10.3 Å². The zero-order valence-corrected chi connectivity index (χ0v) is 8.16. The lowest BCUT2D eigenvalue weighted by molar-refractivity contribution is 0.488. The predicted octanol–water partition coefficient (Wildman–Crippen LogP) is 1.71.